The average Bonchev–Trinajstić information content (AvgIpc) is 3.12. The van der Waals surface area contributed by atoms with E-state index in [-0.39, 0.29) is 11.8 Å². The van der Waals surface area contributed by atoms with Crippen LogP contribution in [-0.2, 0) is 6.18 Å². The second-order valence-electron chi connectivity index (χ2n) is 5.99. The van der Waals surface area contributed by atoms with Crippen LogP contribution < -0.4 is 4.74 Å². The first-order valence-electron chi connectivity index (χ1n) is 7.80. The number of pyridine rings is 1. The second kappa shape index (κ2) is 6.42. The fourth-order valence-corrected chi connectivity index (χ4v) is 2.84. The number of hydrogen-bond acceptors (Lipinski definition) is 4. The molecule has 3 rings (SSSR count). The molecule has 0 aromatic carbocycles. The Morgan fingerprint density at radius 3 is 2.76 bits per heavy atom. The number of furan rings is 1. The van der Waals surface area contributed by atoms with Gasteiger partial charge < -0.3 is 14.1 Å². The Morgan fingerprint density at radius 2 is 2.12 bits per heavy atom. The van der Waals surface area contributed by atoms with Gasteiger partial charge in [0.2, 0.25) is 5.88 Å². The van der Waals surface area contributed by atoms with E-state index in [1.165, 1.54) is 0 Å². The molecule has 0 aliphatic carbocycles. The summed E-state index contributed by atoms with van der Waals surface area (Å²) in [7, 11) is 0. The van der Waals surface area contributed by atoms with E-state index >= 15 is 0 Å². The van der Waals surface area contributed by atoms with Crippen molar-refractivity contribution in [2.45, 2.75) is 32.5 Å². The Labute approximate surface area is 142 Å². The minimum atomic E-state index is -4.45. The Morgan fingerprint density at radius 1 is 1.36 bits per heavy atom. The molecule has 1 aliphatic rings. The highest BCUT2D eigenvalue weighted by Crippen LogP contribution is 2.31. The summed E-state index contributed by atoms with van der Waals surface area (Å²) in [6.07, 6.45) is -3.25. The number of alkyl halides is 3. The standard InChI is InChI=1S/C17H17F3N2O3/c1-10-7-14(11(2)24-10)16(23)22-6-4-13(9-22)25-15-8-12(3-5-21-15)17(18,19)20/h3,5,7-8,13H,4,6,9H2,1-2H3. The third kappa shape index (κ3) is 3.78. The molecule has 25 heavy (non-hydrogen) atoms. The van der Waals surface area contributed by atoms with E-state index < -0.39 is 17.8 Å². The van der Waals surface area contributed by atoms with Crippen molar-refractivity contribution in [2.24, 2.45) is 0 Å². The summed E-state index contributed by atoms with van der Waals surface area (Å²) in [6, 6.07) is 3.44. The topological polar surface area (TPSA) is 55.6 Å². The van der Waals surface area contributed by atoms with E-state index in [9.17, 15) is 18.0 Å². The predicted octanol–water partition coefficient (Wildman–Crippen LogP) is 3.60. The zero-order valence-corrected chi connectivity index (χ0v) is 13.8. The van der Waals surface area contributed by atoms with Gasteiger partial charge in [0.25, 0.3) is 5.91 Å². The van der Waals surface area contributed by atoms with Crippen molar-refractivity contribution in [3.05, 3.63) is 47.0 Å². The van der Waals surface area contributed by atoms with Crippen LogP contribution in [0.25, 0.3) is 0 Å². The van der Waals surface area contributed by atoms with E-state index in [4.69, 9.17) is 9.15 Å². The largest absolute Gasteiger partial charge is 0.472 e. The normalized spacial score (nSPS) is 17.8. The molecule has 1 atom stereocenters. The van der Waals surface area contributed by atoms with Crippen molar-refractivity contribution in [1.29, 1.82) is 0 Å². The number of halogens is 3. The van der Waals surface area contributed by atoms with Gasteiger partial charge >= 0.3 is 6.18 Å². The summed E-state index contributed by atoms with van der Waals surface area (Å²) < 4.78 is 49.1. The van der Waals surface area contributed by atoms with Gasteiger partial charge in [0, 0.05) is 25.2 Å². The first-order valence-corrected chi connectivity index (χ1v) is 7.80. The van der Waals surface area contributed by atoms with Crippen LogP contribution in [0.4, 0.5) is 13.2 Å². The molecular formula is C17H17F3N2O3. The predicted molar refractivity (Wildman–Crippen MR) is 82.4 cm³/mol. The Balaban J connectivity index is 1.66. The molecule has 5 nitrogen and oxygen atoms in total. The summed E-state index contributed by atoms with van der Waals surface area (Å²) in [5, 5.41) is 0. The van der Waals surface area contributed by atoms with Crippen LogP contribution in [0.2, 0.25) is 0 Å². The average molecular weight is 354 g/mol. The van der Waals surface area contributed by atoms with Crippen molar-refractivity contribution in [2.75, 3.05) is 13.1 Å². The molecular weight excluding hydrogens is 337 g/mol. The van der Waals surface area contributed by atoms with Gasteiger partial charge in [0.05, 0.1) is 17.7 Å². The molecule has 1 saturated heterocycles. The number of amides is 1. The number of ether oxygens (including phenoxy) is 1. The molecule has 1 fully saturated rings. The van der Waals surface area contributed by atoms with Crippen LogP contribution in [0.1, 0.15) is 33.9 Å². The van der Waals surface area contributed by atoms with Gasteiger partial charge in [-0.15, -0.1) is 0 Å². The van der Waals surface area contributed by atoms with Gasteiger partial charge in [-0.2, -0.15) is 13.2 Å². The zero-order chi connectivity index (χ0) is 18.2. The van der Waals surface area contributed by atoms with E-state index in [1.807, 2.05) is 0 Å². The maximum Gasteiger partial charge on any atom is 0.416 e. The number of aryl methyl sites for hydroxylation is 2. The minimum Gasteiger partial charge on any atom is -0.472 e. The van der Waals surface area contributed by atoms with Crippen LogP contribution in [0.3, 0.4) is 0 Å². The molecule has 2 aromatic heterocycles. The fraction of sp³-hybridized carbons (Fsp3) is 0.412. The van der Waals surface area contributed by atoms with Crippen molar-refractivity contribution >= 4 is 5.91 Å². The highest BCUT2D eigenvalue weighted by Gasteiger charge is 2.33. The molecule has 8 heteroatoms. The molecule has 0 radical (unpaired) electrons. The molecule has 2 aromatic rings. The number of aromatic nitrogens is 1. The molecule has 1 unspecified atom stereocenters. The maximum absolute atomic E-state index is 12.7. The Hall–Kier alpha value is -2.51. The second-order valence-corrected chi connectivity index (χ2v) is 5.99. The van der Waals surface area contributed by atoms with E-state index in [2.05, 4.69) is 4.98 Å². The quantitative estimate of drug-likeness (QED) is 0.845. The van der Waals surface area contributed by atoms with Crippen molar-refractivity contribution < 1.29 is 27.1 Å². The van der Waals surface area contributed by atoms with Gasteiger partial charge in [0.15, 0.2) is 0 Å². The fourth-order valence-electron chi connectivity index (χ4n) is 2.84. The lowest BCUT2D eigenvalue weighted by molar-refractivity contribution is -0.137. The van der Waals surface area contributed by atoms with E-state index in [1.54, 1.807) is 24.8 Å². The van der Waals surface area contributed by atoms with Gasteiger partial charge in [-0.1, -0.05) is 0 Å². The number of hydrogen-bond donors (Lipinski definition) is 0. The smallest absolute Gasteiger partial charge is 0.416 e. The summed E-state index contributed by atoms with van der Waals surface area (Å²) >= 11 is 0. The van der Waals surface area contributed by atoms with E-state index in [0.29, 0.717) is 36.6 Å². The molecule has 0 N–H and O–H groups in total. The molecule has 0 saturated carbocycles. The van der Waals surface area contributed by atoms with E-state index in [0.717, 1.165) is 18.3 Å². The number of nitrogens with zero attached hydrogens (tertiary/aromatic N) is 2. The van der Waals surface area contributed by atoms with Crippen LogP contribution in [0.5, 0.6) is 5.88 Å². The lowest BCUT2D eigenvalue weighted by atomic mass is 10.2. The minimum absolute atomic E-state index is 0.0931. The summed E-state index contributed by atoms with van der Waals surface area (Å²) in [4.78, 5) is 17.9. The summed E-state index contributed by atoms with van der Waals surface area (Å²) in [5.74, 6) is 0.939. The van der Waals surface area contributed by atoms with Gasteiger partial charge in [-0.25, -0.2) is 4.98 Å². The highest BCUT2D eigenvalue weighted by atomic mass is 19.4. The van der Waals surface area contributed by atoms with Crippen molar-refractivity contribution in [1.82, 2.24) is 9.88 Å². The number of likely N-dealkylation sites (tertiary alicyclic amines) is 1. The molecule has 0 spiro atoms. The third-order valence-electron chi connectivity index (χ3n) is 4.05. The monoisotopic (exact) mass is 354 g/mol. The zero-order valence-electron chi connectivity index (χ0n) is 13.8. The van der Waals surface area contributed by atoms with Crippen LogP contribution in [-0.4, -0.2) is 35.0 Å². The molecule has 1 aliphatic heterocycles. The SMILES string of the molecule is Cc1cc(C(=O)N2CCC(Oc3cc(C(F)(F)F)ccn3)C2)c(C)o1. The Bertz CT molecular complexity index is 786. The number of carbonyl (C=O) groups is 1. The number of carbonyl (C=O) groups excluding carboxylic acids is 1. The lowest BCUT2D eigenvalue weighted by Gasteiger charge is -2.17. The molecule has 0 bridgehead atoms. The number of rotatable bonds is 3. The molecule has 1 amide bonds. The lowest BCUT2D eigenvalue weighted by Crippen LogP contribution is -2.31. The first-order chi connectivity index (χ1) is 11.7. The van der Waals surface area contributed by atoms with Crippen molar-refractivity contribution in [3.8, 4) is 5.88 Å². The van der Waals surface area contributed by atoms with Crippen LogP contribution >= 0.6 is 0 Å². The van der Waals surface area contributed by atoms with Crippen molar-refractivity contribution in [3.63, 3.8) is 0 Å². The first kappa shape index (κ1) is 17.3. The highest BCUT2D eigenvalue weighted by molar-refractivity contribution is 5.95. The van der Waals surface area contributed by atoms with Gasteiger partial charge in [-0.3, -0.25) is 4.79 Å². The molecule has 3 heterocycles. The van der Waals surface area contributed by atoms with Gasteiger partial charge in [-0.05, 0) is 26.0 Å². The summed E-state index contributed by atoms with van der Waals surface area (Å²) in [5.41, 5.74) is -0.316. The third-order valence-corrected chi connectivity index (χ3v) is 4.05. The van der Waals surface area contributed by atoms with Gasteiger partial charge in [0.1, 0.15) is 17.6 Å². The maximum atomic E-state index is 12.7. The van der Waals surface area contributed by atoms with Crippen LogP contribution in [0, 0.1) is 13.8 Å². The summed E-state index contributed by atoms with van der Waals surface area (Å²) in [6.45, 7) is 4.24. The molecule has 134 valence electrons. The van der Waals surface area contributed by atoms with Crippen LogP contribution in [0.15, 0.2) is 28.8 Å². The Kier molecular flexibility index (Phi) is 4.45.